The lowest BCUT2D eigenvalue weighted by atomic mass is 9.81. The molecule has 0 atom stereocenters. The summed E-state index contributed by atoms with van der Waals surface area (Å²) in [5.41, 5.74) is 2.11. The number of nitrogens with one attached hydrogen (secondary N) is 2. The number of hydrogen-bond acceptors (Lipinski definition) is 3. The molecule has 1 aromatic carbocycles. The van der Waals surface area contributed by atoms with E-state index in [1.807, 2.05) is 12.1 Å². The third-order valence-electron chi connectivity index (χ3n) is 6.78. The number of rotatable bonds is 5. The zero-order chi connectivity index (χ0) is 19.3. The number of carbonyl (C=O) groups is 2. The molecule has 0 spiro atoms. The first-order valence-electron chi connectivity index (χ1n) is 11.2. The summed E-state index contributed by atoms with van der Waals surface area (Å²) < 4.78 is 0. The van der Waals surface area contributed by atoms with E-state index in [2.05, 4.69) is 27.7 Å². The first kappa shape index (κ1) is 19.3. The minimum Gasteiger partial charge on any atom is -0.372 e. The Bertz CT molecular complexity index is 668. The molecule has 1 saturated heterocycles. The van der Waals surface area contributed by atoms with Crippen molar-refractivity contribution in [1.82, 2.24) is 5.32 Å². The molecule has 2 amide bonds. The third-order valence-corrected chi connectivity index (χ3v) is 6.78. The molecule has 2 aliphatic carbocycles. The second-order valence-electron chi connectivity index (χ2n) is 8.77. The van der Waals surface area contributed by atoms with Gasteiger partial charge < -0.3 is 15.5 Å². The lowest BCUT2D eigenvalue weighted by Crippen LogP contribution is -2.39. The molecule has 0 aromatic heterocycles. The fraction of sp³-hybridized carbons (Fsp3) is 0.652. The molecule has 0 radical (unpaired) electrons. The van der Waals surface area contributed by atoms with Crippen LogP contribution in [0, 0.1) is 11.8 Å². The molecule has 0 unspecified atom stereocenters. The van der Waals surface area contributed by atoms with E-state index in [0.29, 0.717) is 6.04 Å². The quantitative estimate of drug-likeness (QED) is 0.805. The summed E-state index contributed by atoms with van der Waals surface area (Å²) in [6, 6.07) is 8.60. The Morgan fingerprint density at radius 1 is 0.750 bits per heavy atom. The smallest absolute Gasteiger partial charge is 0.227 e. The van der Waals surface area contributed by atoms with E-state index in [9.17, 15) is 9.59 Å². The van der Waals surface area contributed by atoms with Crippen LogP contribution in [0.15, 0.2) is 24.3 Å². The van der Waals surface area contributed by atoms with Gasteiger partial charge in [0, 0.05) is 42.3 Å². The zero-order valence-electron chi connectivity index (χ0n) is 16.8. The molecule has 1 aliphatic heterocycles. The highest BCUT2D eigenvalue weighted by molar-refractivity contribution is 5.93. The van der Waals surface area contributed by atoms with Gasteiger partial charge in [0.2, 0.25) is 11.8 Å². The van der Waals surface area contributed by atoms with Crippen molar-refractivity contribution in [2.24, 2.45) is 11.8 Å². The van der Waals surface area contributed by atoms with E-state index in [-0.39, 0.29) is 23.7 Å². The van der Waals surface area contributed by atoms with Crippen molar-refractivity contribution < 1.29 is 9.59 Å². The molecule has 0 bridgehead atoms. The van der Waals surface area contributed by atoms with E-state index in [1.54, 1.807) is 0 Å². The van der Waals surface area contributed by atoms with Crippen molar-refractivity contribution in [3.8, 4) is 0 Å². The molecule has 2 N–H and O–H groups in total. The van der Waals surface area contributed by atoms with Crippen molar-refractivity contribution in [1.29, 1.82) is 0 Å². The Morgan fingerprint density at radius 2 is 1.32 bits per heavy atom. The van der Waals surface area contributed by atoms with Crippen LogP contribution in [0.25, 0.3) is 0 Å². The highest BCUT2D eigenvalue weighted by Gasteiger charge is 2.31. The highest BCUT2D eigenvalue weighted by Crippen LogP contribution is 2.31. The Morgan fingerprint density at radius 3 is 1.93 bits per heavy atom. The van der Waals surface area contributed by atoms with E-state index in [0.717, 1.165) is 57.3 Å². The van der Waals surface area contributed by atoms with Crippen LogP contribution < -0.4 is 15.5 Å². The topological polar surface area (TPSA) is 61.4 Å². The van der Waals surface area contributed by atoms with Crippen LogP contribution in [0.5, 0.6) is 0 Å². The summed E-state index contributed by atoms with van der Waals surface area (Å²) in [5, 5.41) is 6.29. The minimum absolute atomic E-state index is 0.0220. The average molecular weight is 384 g/mol. The van der Waals surface area contributed by atoms with E-state index >= 15 is 0 Å². The molecule has 2 saturated carbocycles. The van der Waals surface area contributed by atoms with Gasteiger partial charge in [-0.1, -0.05) is 12.8 Å². The molecule has 152 valence electrons. The van der Waals surface area contributed by atoms with Gasteiger partial charge in [-0.15, -0.1) is 0 Å². The average Bonchev–Trinajstić information content (AvgIpc) is 3.43. The van der Waals surface area contributed by atoms with Crippen LogP contribution >= 0.6 is 0 Å². The van der Waals surface area contributed by atoms with Gasteiger partial charge >= 0.3 is 0 Å². The Hall–Kier alpha value is -2.04. The molecule has 5 nitrogen and oxygen atoms in total. The van der Waals surface area contributed by atoms with Crippen LogP contribution in [-0.4, -0.2) is 30.9 Å². The van der Waals surface area contributed by atoms with Gasteiger partial charge in [-0.2, -0.15) is 0 Å². The molecular weight excluding hydrogens is 350 g/mol. The number of benzene rings is 1. The highest BCUT2D eigenvalue weighted by atomic mass is 16.2. The molecule has 1 heterocycles. The maximum atomic E-state index is 12.6. The van der Waals surface area contributed by atoms with Gasteiger partial charge in [0.1, 0.15) is 0 Å². The predicted molar refractivity (Wildman–Crippen MR) is 112 cm³/mol. The monoisotopic (exact) mass is 383 g/mol. The lowest BCUT2D eigenvalue weighted by molar-refractivity contribution is -0.129. The first-order valence-corrected chi connectivity index (χ1v) is 11.2. The van der Waals surface area contributed by atoms with Gasteiger partial charge in [-0.25, -0.2) is 0 Å². The molecule has 3 fully saturated rings. The molecule has 4 rings (SSSR count). The molecule has 28 heavy (non-hydrogen) atoms. The fourth-order valence-corrected chi connectivity index (χ4v) is 4.98. The number of carbonyl (C=O) groups excluding carboxylic acids is 2. The van der Waals surface area contributed by atoms with Crippen LogP contribution in [0.3, 0.4) is 0 Å². The van der Waals surface area contributed by atoms with Gasteiger partial charge in [-0.3, -0.25) is 9.59 Å². The third kappa shape index (κ3) is 4.68. The number of amides is 2. The van der Waals surface area contributed by atoms with E-state index < -0.39 is 0 Å². The Balaban J connectivity index is 1.23. The van der Waals surface area contributed by atoms with Crippen molar-refractivity contribution in [2.45, 2.75) is 70.3 Å². The lowest BCUT2D eigenvalue weighted by Gasteiger charge is -2.28. The first-order chi connectivity index (χ1) is 13.7. The van der Waals surface area contributed by atoms with Crippen LogP contribution in [0.4, 0.5) is 11.4 Å². The zero-order valence-corrected chi connectivity index (χ0v) is 16.8. The van der Waals surface area contributed by atoms with Gasteiger partial charge in [0.05, 0.1) is 0 Å². The molecule has 3 aliphatic rings. The summed E-state index contributed by atoms with van der Waals surface area (Å²) in [4.78, 5) is 27.5. The standard InChI is InChI=1S/C23H33N3O2/c27-22(24-19-5-1-2-6-19)17-7-9-18(10-8-17)23(28)25-20-11-13-21(14-12-20)26-15-3-4-16-26/h11-14,17-19H,1-10,15-16H2,(H,24,27)(H,25,28). The summed E-state index contributed by atoms with van der Waals surface area (Å²) in [6.45, 7) is 2.26. The largest absolute Gasteiger partial charge is 0.372 e. The van der Waals surface area contributed by atoms with Gasteiger partial charge in [-0.05, 0) is 75.6 Å². The maximum absolute atomic E-state index is 12.6. The van der Waals surface area contributed by atoms with Gasteiger partial charge in [0.25, 0.3) is 0 Å². The van der Waals surface area contributed by atoms with Crippen LogP contribution in [0.2, 0.25) is 0 Å². The fourth-order valence-electron chi connectivity index (χ4n) is 4.98. The molecule has 5 heteroatoms. The normalized spacial score (nSPS) is 25.6. The van der Waals surface area contributed by atoms with Crippen LogP contribution in [0.1, 0.15) is 64.2 Å². The Kier molecular flexibility index (Phi) is 6.18. The minimum atomic E-state index is 0.0220. The molecule has 1 aromatic rings. The summed E-state index contributed by atoms with van der Waals surface area (Å²) >= 11 is 0. The Labute approximate surface area is 168 Å². The molecular formula is C23H33N3O2. The second kappa shape index (κ2) is 8.97. The van der Waals surface area contributed by atoms with E-state index in [4.69, 9.17) is 0 Å². The van der Waals surface area contributed by atoms with Crippen molar-refractivity contribution in [3.63, 3.8) is 0 Å². The van der Waals surface area contributed by atoms with Crippen molar-refractivity contribution in [3.05, 3.63) is 24.3 Å². The second-order valence-corrected chi connectivity index (χ2v) is 8.77. The summed E-state index contributed by atoms with van der Waals surface area (Å²) in [5.74, 6) is 0.421. The predicted octanol–water partition coefficient (Wildman–Crippen LogP) is 4.09. The van der Waals surface area contributed by atoms with Crippen molar-refractivity contribution >= 4 is 23.2 Å². The SMILES string of the molecule is O=C(Nc1ccc(N2CCCC2)cc1)C1CCC(C(=O)NC2CCCC2)CC1. The van der Waals surface area contributed by atoms with E-state index in [1.165, 1.54) is 31.4 Å². The number of anilines is 2. The van der Waals surface area contributed by atoms with Crippen molar-refractivity contribution in [2.75, 3.05) is 23.3 Å². The summed E-state index contributed by atoms with van der Waals surface area (Å²) in [7, 11) is 0. The van der Waals surface area contributed by atoms with Crippen LogP contribution in [-0.2, 0) is 9.59 Å². The number of nitrogens with zero attached hydrogens (tertiary/aromatic N) is 1. The summed E-state index contributed by atoms with van der Waals surface area (Å²) in [6.07, 6.45) is 10.5. The van der Waals surface area contributed by atoms with Gasteiger partial charge in [0.15, 0.2) is 0 Å². The number of hydrogen-bond donors (Lipinski definition) is 2. The maximum Gasteiger partial charge on any atom is 0.227 e.